The van der Waals surface area contributed by atoms with Crippen LogP contribution in [0.4, 0.5) is 5.69 Å². The first kappa shape index (κ1) is 17.2. The molecule has 4 heteroatoms. The minimum Gasteiger partial charge on any atom is -0.338 e. The fraction of sp³-hybridized carbons (Fsp3) is 0.333. The summed E-state index contributed by atoms with van der Waals surface area (Å²) in [5, 5.41) is 2.98. The molecule has 0 saturated heterocycles. The molecule has 0 atom stereocenters. The summed E-state index contributed by atoms with van der Waals surface area (Å²) in [5.41, 5.74) is 4.46. The Morgan fingerprint density at radius 2 is 1.88 bits per heavy atom. The topological polar surface area (TPSA) is 49.4 Å². The van der Waals surface area contributed by atoms with Gasteiger partial charge in [0, 0.05) is 32.1 Å². The van der Waals surface area contributed by atoms with Crippen molar-refractivity contribution in [3.05, 3.63) is 65.2 Å². The van der Waals surface area contributed by atoms with Gasteiger partial charge in [-0.2, -0.15) is 0 Å². The average Bonchev–Trinajstić information content (AvgIpc) is 2.62. The van der Waals surface area contributed by atoms with Gasteiger partial charge in [-0.05, 0) is 48.1 Å². The van der Waals surface area contributed by atoms with Gasteiger partial charge in [-0.25, -0.2) is 0 Å². The van der Waals surface area contributed by atoms with Gasteiger partial charge in [0.1, 0.15) is 0 Å². The van der Waals surface area contributed by atoms with E-state index in [0.717, 1.165) is 37.1 Å². The van der Waals surface area contributed by atoms with Crippen LogP contribution in [-0.2, 0) is 29.0 Å². The Bertz CT molecular complexity index is 756. The zero-order valence-electron chi connectivity index (χ0n) is 14.6. The summed E-state index contributed by atoms with van der Waals surface area (Å²) >= 11 is 0. The smallest absolute Gasteiger partial charge is 0.224 e. The minimum atomic E-state index is 0.0371. The van der Waals surface area contributed by atoms with Crippen LogP contribution in [0.25, 0.3) is 0 Å². The molecule has 0 aromatic heterocycles. The summed E-state index contributed by atoms with van der Waals surface area (Å²) in [6.45, 7) is 3.00. The molecule has 1 heterocycles. The van der Waals surface area contributed by atoms with E-state index in [9.17, 15) is 9.59 Å². The highest BCUT2D eigenvalue weighted by atomic mass is 16.2. The van der Waals surface area contributed by atoms with E-state index in [0.29, 0.717) is 13.0 Å². The Balaban J connectivity index is 1.53. The summed E-state index contributed by atoms with van der Waals surface area (Å²) in [6.07, 6.45) is 3.12. The van der Waals surface area contributed by atoms with Gasteiger partial charge in [0.25, 0.3) is 0 Å². The Morgan fingerprint density at radius 1 is 1.08 bits per heavy atom. The molecule has 0 radical (unpaired) electrons. The van der Waals surface area contributed by atoms with Gasteiger partial charge < -0.3 is 10.2 Å². The number of rotatable bonds is 5. The van der Waals surface area contributed by atoms with Crippen LogP contribution in [0.3, 0.4) is 0 Å². The highest BCUT2D eigenvalue weighted by molar-refractivity contribution is 5.90. The molecule has 0 fully saturated rings. The molecular formula is C21H24N2O2. The number of fused-ring (bicyclic) bond motifs is 1. The van der Waals surface area contributed by atoms with Crippen molar-refractivity contribution in [3.8, 4) is 0 Å². The van der Waals surface area contributed by atoms with E-state index in [1.807, 2.05) is 35.2 Å². The molecule has 25 heavy (non-hydrogen) atoms. The first-order valence-electron chi connectivity index (χ1n) is 8.83. The first-order valence-corrected chi connectivity index (χ1v) is 8.83. The maximum absolute atomic E-state index is 12.2. The molecular weight excluding hydrogens is 312 g/mol. The predicted molar refractivity (Wildman–Crippen MR) is 99.2 cm³/mol. The van der Waals surface area contributed by atoms with E-state index >= 15 is 0 Å². The van der Waals surface area contributed by atoms with Gasteiger partial charge in [-0.15, -0.1) is 0 Å². The maximum atomic E-state index is 12.2. The van der Waals surface area contributed by atoms with Crippen LogP contribution >= 0.6 is 0 Å². The molecule has 0 bridgehead atoms. The van der Waals surface area contributed by atoms with Crippen molar-refractivity contribution in [1.29, 1.82) is 0 Å². The number of hydrogen-bond acceptors (Lipinski definition) is 2. The molecule has 2 amide bonds. The molecule has 4 nitrogen and oxygen atoms in total. The monoisotopic (exact) mass is 336 g/mol. The molecule has 1 aliphatic rings. The lowest BCUT2D eigenvalue weighted by Crippen LogP contribution is -2.34. The standard InChI is InChI=1S/C21H24N2O2/c1-16(24)23-13-12-18-10-11-20(14-19(18)15-23)22-21(25)9-5-8-17-6-3-2-4-7-17/h2-4,6-7,10-11,14H,5,8-9,12-13,15H2,1H3,(H,22,25). The number of nitrogens with one attached hydrogen (secondary N) is 1. The van der Waals surface area contributed by atoms with Crippen LogP contribution < -0.4 is 5.32 Å². The van der Waals surface area contributed by atoms with Crippen molar-refractivity contribution in [3.63, 3.8) is 0 Å². The van der Waals surface area contributed by atoms with E-state index in [4.69, 9.17) is 0 Å². The second kappa shape index (κ2) is 7.97. The van der Waals surface area contributed by atoms with Gasteiger partial charge >= 0.3 is 0 Å². The molecule has 0 saturated carbocycles. The van der Waals surface area contributed by atoms with Crippen molar-refractivity contribution in [1.82, 2.24) is 4.90 Å². The first-order chi connectivity index (χ1) is 12.1. The molecule has 130 valence electrons. The molecule has 1 aliphatic heterocycles. The van der Waals surface area contributed by atoms with E-state index in [1.54, 1.807) is 6.92 Å². The summed E-state index contributed by atoms with van der Waals surface area (Å²) in [5.74, 6) is 0.135. The fourth-order valence-corrected chi connectivity index (χ4v) is 3.22. The number of anilines is 1. The Labute approximate surface area is 148 Å². The Kier molecular flexibility index (Phi) is 5.49. The average molecular weight is 336 g/mol. The lowest BCUT2D eigenvalue weighted by molar-refractivity contribution is -0.129. The van der Waals surface area contributed by atoms with Crippen molar-refractivity contribution >= 4 is 17.5 Å². The van der Waals surface area contributed by atoms with Crippen LogP contribution in [-0.4, -0.2) is 23.3 Å². The van der Waals surface area contributed by atoms with Crippen molar-refractivity contribution in [2.45, 2.75) is 39.2 Å². The summed E-state index contributed by atoms with van der Waals surface area (Å²) < 4.78 is 0. The Hall–Kier alpha value is -2.62. The second-order valence-corrected chi connectivity index (χ2v) is 6.56. The molecule has 0 unspecified atom stereocenters. The van der Waals surface area contributed by atoms with E-state index in [-0.39, 0.29) is 11.8 Å². The summed E-state index contributed by atoms with van der Waals surface area (Å²) in [7, 11) is 0. The van der Waals surface area contributed by atoms with Crippen LogP contribution in [0.2, 0.25) is 0 Å². The third-order valence-electron chi connectivity index (χ3n) is 4.66. The Morgan fingerprint density at radius 3 is 2.64 bits per heavy atom. The van der Waals surface area contributed by atoms with Gasteiger partial charge in [0.15, 0.2) is 0 Å². The lowest BCUT2D eigenvalue weighted by Gasteiger charge is -2.28. The number of aryl methyl sites for hydroxylation is 1. The summed E-state index contributed by atoms with van der Waals surface area (Å²) in [4.78, 5) is 25.6. The van der Waals surface area contributed by atoms with Crippen molar-refractivity contribution < 1.29 is 9.59 Å². The third kappa shape index (κ3) is 4.69. The van der Waals surface area contributed by atoms with E-state index < -0.39 is 0 Å². The molecule has 2 aromatic carbocycles. The van der Waals surface area contributed by atoms with Crippen LogP contribution in [0.1, 0.15) is 36.5 Å². The minimum absolute atomic E-state index is 0.0371. The van der Waals surface area contributed by atoms with Gasteiger partial charge in [-0.3, -0.25) is 9.59 Å². The highest BCUT2D eigenvalue weighted by Crippen LogP contribution is 2.23. The second-order valence-electron chi connectivity index (χ2n) is 6.56. The number of benzene rings is 2. The fourth-order valence-electron chi connectivity index (χ4n) is 3.22. The predicted octanol–water partition coefficient (Wildman–Crippen LogP) is 3.55. The number of amides is 2. The van der Waals surface area contributed by atoms with Gasteiger partial charge in [0.05, 0.1) is 0 Å². The van der Waals surface area contributed by atoms with Gasteiger partial charge in [0.2, 0.25) is 11.8 Å². The third-order valence-corrected chi connectivity index (χ3v) is 4.66. The van der Waals surface area contributed by atoms with Gasteiger partial charge in [-0.1, -0.05) is 36.4 Å². The zero-order valence-corrected chi connectivity index (χ0v) is 14.6. The molecule has 2 aromatic rings. The van der Waals surface area contributed by atoms with E-state index in [2.05, 4.69) is 23.5 Å². The number of nitrogens with zero attached hydrogens (tertiary/aromatic N) is 1. The van der Waals surface area contributed by atoms with E-state index in [1.165, 1.54) is 11.1 Å². The van der Waals surface area contributed by atoms with Crippen molar-refractivity contribution in [2.75, 3.05) is 11.9 Å². The largest absolute Gasteiger partial charge is 0.338 e. The van der Waals surface area contributed by atoms with Crippen molar-refractivity contribution in [2.24, 2.45) is 0 Å². The quantitative estimate of drug-likeness (QED) is 0.908. The SMILES string of the molecule is CC(=O)N1CCc2ccc(NC(=O)CCCc3ccccc3)cc2C1. The lowest BCUT2D eigenvalue weighted by atomic mass is 9.99. The molecule has 3 rings (SSSR count). The van der Waals surface area contributed by atoms with Crippen LogP contribution in [0, 0.1) is 0 Å². The molecule has 0 spiro atoms. The molecule has 0 aliphatic carbocycles. The number of carbonyl (C=O) groups is 2. The van der Waals surface area contributed by atoms with Crippen LogP contribution in [0.15, 0.2) is 48.5 Å². The highest BCUT2D eigenvalue weighted by Gasteiger charge is 2.18. The number of carbonyl (C=O) groups excluding carboxylic acids is 2. The van der Waals surface area contributed by atoms with Crippen LogP contribution in [0.5, 0.6) is 0 Å². The summed E-state index contributed by atoms with van der Waals surface area (Å²) in [6, 6.07) is 16.2. The normalized spacial score (nSPS) is 13.2. The number of hydrogen-bond donors (Lipinski definition) is 1. The molecule has 1 N–H and O–H groups in total. The maximum Gasteiger partial charge on any atom is 0.224 e. The zero-order chi connectivity index (χ0) is 17.6.